The van der Waals surface area contributed by atoms with Gasteiger partial charge in [0.2, 0.25) is 0 Å². The molecule has 102 valence electrons. The Labute approximate surface area is 119 Å². The summed E-state index contributed by atoms with van der Waals surface area (Å²) in [5, 5.41) is 7.20. The molecule has 0 amide bonds. The van der Waals surface area contributed by atoms with Crippen LogP contribution in [-0.2, 0) is 0 Å². The molecule has 0 spiro atoms. The molecular formula is C14H20N4S. The van der Waals surface area contributed by atoms with Crippen molar-refractivity contribution >= 4 is 17.9 Å². The topological polar surface area (TPSA) is 36.9 Å². The maximum atomic E-state index is 5.35. The second kappa shape index (κ2) is 5.17. The summed E-state index contributed by atoms with van der Waals surface area (Å²) >= 11 is 5.35. The Kier molecular flexibility index (Phi) is 3.75. The van der Waals surface area contributed by atoms with Gasteiger partial charge in [0.15, 0.2) is 4.77 Å². The number of aromatic amines is 1. The number of H-pyrrole nitrogens is 1. The van der Waals surface area contributed by atoms with E-state index in [1.807, 2.05) is 18.7 Å². The summed E-state index contributed by atoms with van der Waals surface area (Å²) in [6, 6.07) is 6.34. The molecule has 0 atom stereocenters. The minimum Gasteiger partial charge on any atom is -0.377 e. The molecule has 0 saturated heterocycles. The van der Waals surface area contributed by atoms with Crippen LogP contribution in [0.1, 0.15) is 31.2 Å². The van der Waals surface area contributed by atoms with Gasteiger partial charge in [-0.1, -0.05) is 19.9 Å². The predicted octanol–water partition coefficient (Wildman–Crippen LogP) is 3.43. The second-order valence-corrected chi connectivity index (χ2v) is 5.63. The first-order valence-electron chi connectivity index (χ1n) is 6.37. The molecule has 1 aromatic carbocycles. The van der Waals surface area contributed by atoms with Gasteiger partial charge in [0.05, 0.1) is 5.69 Å². The van der Waals surface area contributed by atoms with Crippen molar-refractivity contribution in [1.29, 1.82) is 0 Å². The second-order valence-electron chi connectivity index (χ2n) is 5.24. The molecule has 0 bridgehead atoms. The van der Waals surface area contributed by atoms with E-state index in [1.54, 1.807) is 0 Å². The summed E-state index contributed by atoms with van der Waals surface area (Å²) in [5.41, 5.74) is 3.49. The third-order valence-corrected chi connectivity index (χ3v) is 3.42. The summed E-state index contributed by atoms with van der Waals surface area (Å²) < 4.78 is 2.64. The minimum absolute atomic E-state index is 0.317. The standard InChI is InChI=1S/C14H20N4S/c1-9(2)13-15-16-14(19)18(13)11-7-6-10(3)12(8-11)17(4)5/h6-9H,1-5H3,(H,16,19). The van der Waals surface area contributed by atoms with Crippen LogP contribution in [-0.4, -0.2) is 28.9 Å². The van der Waals surface area contributed by atoms with Crippen molar-refractivity contribution in [3.8, 4) is 5.69 Å². The summed E-state index contributed by atoms with van der Waals surface area (Å²) in [5.74, 6) is 1.27. The fourth-order valence-corrected chi connectivity index (χ4v) is 2.41. The number of anilines is 1. The highest BCUT2D eigenvalue weighted by Gasteiger charge is 2.13. The number of hydrogen-bond acceptors (Lipinski definition) is 3. The van der Waals surface area contributed by atoms with E-state index in [0.29, 0.717) is 10.7 Å². The van der Waals surface area contributed by atoms with Crippen molar-refractivity contribution in [2.75, 3.05) is 19.0 Å². The summed E-state index contributed by atoms with van der Waals surface area (Å²) in [7, 11) is 4.09. The van der Waals surface area contributed by atoms with E-state index in [0.717, 1.165) is 11.5 Å². The van der Waals surface area contributed by atoms with Gasteiger partial charge in [0, 0.05) is 25.7 Å². The Morgan fingerprint density at radius 3 is 2.58 bits per heavy atom. The average Bonchev–Trinajstić information content (AvgIpc) is 2.71. The molecule has 1 N–H and O–H groups in total. The monoisotopic (exact) mass is 276 g/mol. The zero-order valence-electron chi connectivity index (χ0n) is 12.1. The molecule has 0 aliphatic rings. The van der Waals surface area contributed by atoms with E-state index in [2.05, 4.69) is 54.1 Å². The van der Waals surface area contributed by atoms with Crippen LogP contribution in [0.4, 0.5) is 5.69 Å². The van der Waals surface area contributed by atoms with E-state index in [-0.39, 0.29) is 0 Å². The lowest BCUT2D eigenvalue weighted by atomic mass is 10.1. The third-order valence-electron chi connectivity index (χ3n) is 3.15. The highest BCUT2D eigenvalue weighted by molar-refractivity contribution is 7.71. The Hall–Kier alpha value is -1.62. The molecule has 1 aromatic heterocycles. The zero-order valence-corrected chi connectivity index (χ0v) is 12.9. The number of benzene rings is 1. The van der Waals surface area contributed by atoms with Gasteiger partial charge in [0.1, 0.15) is 5.82 Å². The Morgan fingerprint density at radius 2 is 2.00 bits per heavy atom. The fraction of sp³-hybridized carbons (Fsp3) is 0.429. The van der Waals surface area contributed by atoms with Crippen LogP contribution in [0, 0.1) is 11.7 Å². The molecule has 0 unspecified atom stereocenters. The van der Waals surface area contributed by atoms with Gasteiger partial charge in [-0.3, -0.25) is 9.67 Å². The van der Waals surface area contributed by atoms with Crippen LogP contribution in [0.5, 0.6) is 0 Å². The summed E-state index contributed by atoms with van der Waals surface area (Å²) in [6.07, 6.45) is 0. The highest BCUT2D eigenvalue weighted by atomic mass is 32.1. The number of nitrogens with zero attached hydrogens (tertiary/aromatic N) is 3. The zero-order chi connectivity index (χ0) is 14.2. The lowest BCUT2D eigenvalue weighted by molar-refractivity contribution is 0.744. The van der Waals surface area contributed by atoms with Crippen LogP contribution in [0.25, 0.3) is 5.69 Å². The van der Waals surface area contributed by atoms with Gasteiger partial charge in [0.25, 0.3) is 0 Å². The molecular weight excluding hydrogens is 256 g/mol. The minimum atomic E-state index is 0.317. The summed E-state index contributed by atoms with van der Waals surface area (Å²) in [6.45, 7) is 6.34. The molecule has 2 aromatic rings. The quantitative estimate of drug-likeness (QED) is 0.873. The third kappa shape index (κ3) is 2.56. The molecule has 0 saturated carbocycles. The van der Waals surface area contributed by atoms with Crippen molar-refractivity contribution in [3.05, 3.63) is 34.4 Å². The van der Waals surface area contributed by atoms with Crippen LogP contribution in [0.15, 0.2) is 18.2 Å². The van der Waals surface area contributed by atoms with Gasteiger partial charge in [-0.05, 0) is 36.8 Å². The largest absolute Gasteiger partial charge is 0.377 e. The van der Waals surface area contributed by atoms with Crippen molar-refractivity contribution in [3.63, 3.8) is 0 Å². The smallest absolute Gasteiger partial charge is 0.199 e. The van der Waals surface area contributed by atoms with E-state index in [4.69, 9.17) is 12.2 Å². The molecule has 0 aliphatic heterocycles. The van der Waals surface area contributed by atoms with Gasteiger partial charge in [-0.25, -0.2) is 0 Å². The number of aromatic nitrogens is 3. The lowest BCUT2D eigenvalue weighted by Crippen LogP contribution is -2.11. The van der Waals surface area contributed by atoms with Gasteiger partial charge in [-0.2, -0.15) is 5.10 Å². The lowest BCUT2D eigenvalue weighted by Gasteiger charge is -2.18. The molecule has 0 radical (unpaired) electrons. The highest BCUT2D eigenvalue weighted by Crippen LogP contribution is 2.24. The maximum Gasteiger partial charge on any atom is 0.199 e. The van der Waals surface area contributed by atoms with Crippen molar-refractivity contribution < 1.29 is 0 Å². The number of aryl methyl sites for hydroxylation is 1. The maximum absolute atomic E-state index is 5.35. The Bertz CT molecular complexity index is 637. The number of nitrogens with one attached hydrogen (secondary N) is 1. The van der Waals surface area contributed by atoms with Crippen LogP contribution < -0.4 is 4.90 Å². The predicted molar refractivity (Wildman–Crippen MR) is 81.9 cm³/mol. The molecule has 2 rings (SSSR count). The van der Waals surface area contributed by atoms with Crippen molar-refractivity contribution in [1.82, 2.24) is 14.8 Å². The fourth-order valence-electron chi connectivity index (χ4n) is 2.16. The van der Waals surface area contributed by atoms with Gasteiger partial charge in [-0.15, -0.1) is 0 Å². The van der Waals surface area contributed by atoms with Crippen molar-refractivity contribution in [2.24, 2.45) is 0 Å². The number of rotatable bonds is 3. The molecule has 0 aliphatic carbocycles. The normalized spacial score (nSPS) is 11.1. The van der Waals surface area contributed by atoms with Crippen LogP contribution in [0.3, 0.4) is 0 Å². The number of hydrogen-bond donors (Lipinski definition) is 1. The van der Waals surface area contributed by atoms with E-state index in [1.165, 1.54) is 11.3 Å². The first-order chi connectivity index (χ1) is 8.91. The summed E-state index contributed by atoms with van der Waals surface area (Å²) in [4.78, 5) is 2.11. The molecule has 1 heterocycles. The molecule has 19 heavy (non-hydrogen) atoms. The molecule has 4 nitrogen and oxygen atoms in total. The van der Waals surface area contributed by atoms with Gasteiger partial charge >= 0.3 is 0 Å². The van der Waals surface area contributed by atoms with E-state index >= 15 is 0 Å². The first kappa shape index (κ1) is 13.8. The molecule has 5 heteroatoms. The Morgan fingerprint density at radius 1 is 1.32 bits per heavy atom. The van der Waals surface area contributed by atoms with E-state index in [9.17, 15) is 0 Å². The molecule has 0 fully saturated rings. The average molecular weight is 276 g/mol. The van der Waals surface area contributed by atoms with Crippen LogP contribution in [0.2, 0.25) is 0 Å². The first-order valence-corrected chi connectivity index (χ1v) is 6.78. The Balaban J connectivity index is 2.63. The SMILES string of the molecule is Cc1ccc(-n2c(C(C)C)n[nH]c2=S)cc1N(C)C. The van der Waals surface area contributed by atoms with E-state index < -0.39 is 0 Å². The van der Waals surface area contributed by atoms with Crippen molar-refractivity contribution in [2.45, 2.75) is 26.7 Å². The van der Waals surface area contributed by atoms with Crippen LogP contribution >= 0.6 is 12.2 Å². The van der Waals surface area contributed by atoms with Gasteiger partial charge < -0.3 is 4.90 Å².